The van der Waals surface area contributed by atoms with E-state index in [-0.39, 0.29) is 4.90 Å². The van der Waals surface area contributed by atoms with Gasteiger partial charge >= 0.3 is 0 Å². The molecule has 1 heterocycles. The maximum atomic E-state index is 13.0. The number of ether oxygens (including phenoxy) is 4. The maximum Gasteiger partial charge on any atom is 0.243 e. The minimum atomic E-state index is -3.53. The largest absolute Gasteiger partial charge is 0.494 e. The van der Waals surface area contributed by atoms with Crippen molar-refractivity contribution in [3.8, 4) is 23.0 Å². The van der Waals surface area contributed by atoms with Gasteiger partial charge in [-0.15, -0.1) is 0 Å². The number of benzene rings is 2. The van der Waals surface area contributed by atoms with Crippen LogP contribution in [0.3, 0.4) is 0 Å². The number of hydrogen-bond donors (Lipinski definition) is 0. The molecule has 0 aromatic heterocycles. The number of nitrogens with zero attached hydrogens (tertiary/aromatic N) is 2. The number of rotatable bonds is 9. The van der Waals surface area contributed by atoms with Crippen molar-refractivity contribution in [1.29, 1.82) is 0 Å². The molecule has 0 N–H and O–H groups in total. The second-order valence-corrected chi connectivity index (χ2v) is 9.02. The van der Waals surface area contributed by atoms with Crippen molar-refractivity contribution in [2.45, 2.75) is 18.4 Å². The Kier molecular flexibility index (Phi) is 7.64. The zero-order chi connectivity index (χ0) is 22.4. The molecule has 3 rings (SSSR count). The molecule has 9 heteroatoms. The smallest absolute Gasteiger partial charge is 0.243 e. The molecule has 31 heavy (non-hydrogen) atoms. The Morgan fingerprint density at radius 3 is 2.03 bits per heavy atom. The van der Waals surface area contributed by atoms with Gasteiger partial charge in [0.25, 0.3) is 0 Å². The highest BCUT2D eigenvalue weighted by atomic mass is 32.2. The molecule has 0 amide bonds. The summed E-state index contributed by atoms with van der Waals surface area (Å²) in [5.74, 6) is 2.45. The van der Waals surface area contributed by atoms with Gasteiger partial charge in [-0.2, -0.15) is 4.31 Å². The van der Waals surface area contributed by atoms with Crippen LogP contribution < -0.4 is 18.9 Å². The topological polar surface area (TPSA) is 77.5 Å². The normalized spacial score (nSPS) is 15.5. The first-order valence-electron chi connectivity index (χ1n) is 10.2. The van der Waals surface area contributed by atoms with Crippen molar-refractivity contribution in [2.75, 3.05) is 54.1 Å². The van der Waals surface area contributed by atoms with Crippen LogP contribution >= 0.6 is 0 Å². The molecule has 0 aliphatic carbocycles. The van der Waals surface area contributed by atoms with Crippen LogP contribution in [0.5, 0.6) is 23.0 Å². The van der Waals surface area contributed by atoms with Crippen LogP contribution in [0.2, 0.25) is 0 Å². The van der Waals surface area contributed by atoms with E-state index in [0.29, 0.717) is 62.3 Å². The van der Waals surface area contributed by atoms with E-state index in [2.05, 4.69) is 4.90 Å². The van der Waals surface area contributed by atoms with Crippen molar-refractivity contribution in [2.24, 2.45) is 0 Å². The average Bonchev–Trinajstić information content (AvgIpc) is 2.79. The predicted molar refractivity (Wildman–Crippen MR) is 118 cm³/mol. The van der Waals surface area contributed by atoms with Crippen molar-refractivity contribution in [3.05, 3.63) is 42.0 Å². The maximum absolute atomic E-state index is 13.0. The van der Waals surface area contributed by atoms with Gasteiger partial charge in [0.15, 0.2) is 11.5 Å². The van der Waals surface area contributed by atoms with Crippen LogP contribution in [0.4, 0.5) is 0 Å². The van der Waals surface area contributed by atoms with E-state index >= 15 is 0 Å². The van der Waals surface area contributed by atoms with Crippen LogP contribution in [-0.4, -0.2) is 71.7 Å². The molecule has 1 aliphatic rings. The fourth-order valence-corrected chi connectivity index (χ4v) is 5.10. The Labute approximate surface area is 184 Å². The van der Waals surface area contributed by atoms with Gasteiger partial charge in [0.1, 0.15) is 5.75 Å². The lowest BCUT2D eigenvalue weighted by atomic mass is 10.1. The first kappa shape index (κ1) is 23.2. The second-order valence-electron chi connectivity index (χ2n) is 7.08. The van der Waals surface area contributed by atoms with Crippen molar-refractivity contribution >= 4 is 10.0 Å². The van der Waals surface area contributed by atoms with Crippen LogP contribution in [0, 0.1) is 0 Å². The summed E-state index contributed by atoms with van der Waals surface area (Å²) in [4.78, 5) is 2.49. The average molecular weight is 451 g/mol. The third-order valence-electron chi connectivity index (χ3n) is 5.28. The molecule has 0 unspecified atom stereocenters. The van der Waals surface area contributed by atoms with E-state index in [1.165, 1.54) is 4.31 Å². The molecule has 0 saturated carbocycles. The van der Waals surface area contributed by atoms with Crippen LogP contribution in [0.15, 0.2) is 41.3 Å². The SMILES string of the molecule is CCOc1ccc(S(=O)(=O)N2CCN(Cc3ccc(OC)c(OC)c3OC)CC2)cc1. The van der Waals surface area contributed by atoms with Crippen molar-refractivity contribution in [3.63, 3.8) is 0 Å². The van der Waals surface area contributed by atoms with Gasteiger partial charge < -0.3 is 18.9 Å². The first-order valence-corrected chi connectivity index (χ1v) is 11.6. The van der Waals surface area contributed by atoms with Gasteiger partial charge in [-0.25, -0.2) is 8.42 Å². The summed E-state index contributed by atoms with van der Waals surface area (Å²) in [6, 6.07) is 10.4. The Bertz CT molecular complexity index is 970. The molecule has 8 nitrogen and oxygen atoms in total. The zero-order valence-electron chi connectivity index (χ0n) is 18.5. The van der Waals surface area contributed by atoms with Gasteiger partial charge in [0.05, 0.1) is 32.8 Å². The summed E-state index contributed by atoms with van der Waals surface area (Å²) < 4.78 is 49.3. The predicted octanol–water partition coefficient (Wildman–Crippen LogP) is 2.62. The van der Waals surface area contributed by atoms with E-state index < -0.39 is 10.0 Å². The Morgan fingerprint density at radius 2 is 1.48 bits per heavy atom. The van der Waals surface area contributed by atoms with Gasteiger partial charge in [0.2, 0.25) is 15.8 Å². The van der Waals surface area contributed by atoms with E-state index in [1.54, 1.807) is 45.6 Å². The van der Waals surface area contributed by atoms with Gasteiger partial charge in [0, 0.05) is 38.3 Å². The number of methoxy groups -OCH3 is 3. The highest BCUT2D eigenvalue weighted by Gasteiger charge is 2.29. The number of hydrogen-bond acceptors (Lipinski definition) is 7. The van der Waals surface area contributed by atoms with E-state index in [1.807, 2.05) is 19.1 Å². The summed E-state index contributed by atoms with van der Waals surface area (Å²) in [6.45, 7) is 5.14. The molecule has 0 atom stereocenters. The summed E-state index contributed by atoms with van der Waals surface area (Å²) in [5, 5.41) is 0. The van der Waals surface area contributed by atoms with Crippen molar-refractivity contribution in [1.82, 2.24) is 9.21 Å². The fourth-order valence-electron chi connectivity index (χ4n) is 3.68. The second kappa shape index (κ2) is 10.2. The van der Waals surface area contributed by atoms with E-state index in [9.17, 15) is 8.42 Å². The molecule has 1 fully saturated rings. The minimum Gasteiger partial charge on any atom is -0.494 e. The molecular formula is C22H30N2O6S. The first-order chi connectivity index (χ1) is 14.9. The molecule has 0 spiro atoms. The molecule has 2 aromatic carbocycles. The Morgan fingerprint density at radius 1 is 0.839 bits per heavy atom. The molecule has 0 radical (unpaired) electrons. The summed E-state index contributed by atoms with van der Waals surface area (Å²) >= 11 is 0. The number of piperazine rings is 1. The summed E-state index contributed by atoms with van der Waals surface area (Å²) in [6.07, 6.45) is 0. The quantitative estimate of drug-likeness (QED) is 0.581. The van der Waals surface area contributed by atoms with E-state index in [4.69, 9.17) is 18.9 Å². The summed E-state index contributed by atoms with van der Waals surface area (Å²) in [7, 11) is 1.23. The third-order valence-corrected chi connectivity index (χ3v) is 7.20. The summed E-state index contributed by atoms with van der Waals surface area (Å²) in [5.41, 5.74) is 0.961. The van der Waals surface area contributed by atoms with Crippen LogP contribution in [0.1, 0.15) is 12.5 Å². The van der Waals surface area contributed by atoms with Crippen LogP contribution in [-0.2, 0) is 16.6 Å². The fraction of sp³-hybridized carbons (Fsp3) is 0.455. The molecule has 2 aromatic rings. The number of sulfonamides is 1. The zero-order valence-corrected chi connectivity index (χ0v) is 19.3. The molecule has 170 valence electrons. The lowest BCUT2D eigenvalue weighted by Gasteiger charge is -2.34. The lowest BCUT2D eigenvalue weighted by Crippen LogP contribution is -2.48. The van der Waals surface area contributed by atoms with Gasteiger partial charge in [-0.05, 0) is 37.3 Å². The van der Waals surface area contributed by atoms with E-state index in [0.717, 1.165) is 5.56 Å². The standard InChI is InChI=1S/C22H30N2O6S/c1-5-30-18-7-9-19(10-8-18)31(25,26)24-14-12-23(13-15-24)16-17-6-11-20(27-2)22(29-4)21(17)28-3/h6-11H,5,12-16H2,1-4H3. The minimum absolute atomic E-state index is 0.283. The van der Waals surface area contributed by atoms with Crippen LogP contribution in [0.25, 0.3) is 0 Å². The Hall–Kier alpha value is -2.49. The monoisotopic (exact) mass is 450 g/mol. The molecular weight excluding hydrogens is 420 g/mol. The lowest BCUT2D eigenvalue weighted by molar-refractivity contribution is 0.179. The highest BCUT2D eigenvalue weighted by Crippen LogP contribution is 2.40. The van der Waals surface area contributed by atoms with Gasteiger partial charge in [-0.3, -0.25) is 4.90 Å². The third kappa shape index (κ3) is 5.06. The molecule has 1 aliphatic heterocycles. The molecule has 1 saturated heterocycles. The highest BCUT2D eigenvalue weighted by molar-refractivity contribution is 7.89. The van der Waals surface area contributed by atoms with Gasteiger partial charge in [-0.1, -0.05) is 6.07 Å². The molecule has 0 bridgehead atoms. The van der Waals surface area contributed by atoms with Crippen molar-refractivity contribution < 1.29 is 27.4 Å². The Balaban J connectivity index is 1.67.